The Labute approximate surface area is 135 Å². The number of hydrogen-bond donors (Lipinski definition) is 2. The zero-order chi connectivity index (χ0) is 16.4. The minimum Gasteiger partial charge on any atom is -0.368 e. The Morgan fingerprint density at radius 1 is 1.23 bits per heavy atom. The smallest absolute Gasteiger partial charge is 0.242 e. The Kier molecular flexibility index (Phi) is 4.68. The first-order valence-electron chi connectivity index (χ1n) is 7.29. The van der Waals surface area contributed by atoms with Gasteiger partial charge in [0.05, 0.1) is 5.69 Å². The number of nitrogens with one attached hydrogen (secondary N) is 1. The van der Waals surface area contributed by atoms with E-state index < -0.39 is 11.4 Å². The van der Waals surface area contributed by atoms with Crippen LogP contribution >= 0.6 is 11.3 Å². The highest BCUT2D eigenvalue weighted by Crippen LogP contribution is 2.25. The van der Waals surface area contributed by atoms with Crippen molar-refractivity contribution < 1.29 is 4.79 Å². The van der Waals surface area contributed by atoms with Crippen molar-refractivity contribution in [1.29, 1.82) is 0 Å². The van der Waals surface area contributed by atoms with Gasteiger partial charge >= 0.3 is 0 Å². The van der Waals surface area contributed by atoms with Crippen LogP contribution in [0.5, 0.6) is 0 Å². The Hall–Kier alpha value is -1.72. The summed E-state index contributed by atoms with van der Waals surface area (Å²) in [6.45, 7) is 8.72. The van der Waals surface area contributed by atoms with Crippen LogP contribution in [0.2, 0.25) is 0 Å². The third kappa shape index (κ3) is 3.54. The molecule has 0 unspecified atom stereocenters. The molecule has 1 aromatic heterocycles. The van der Waals surface area contributed by atoms with E-state index in [-0.39, 0.29) is 5.41 Å². The van der Waals surface area contributed by atoms with E-state index in [1.165, 1.54) is 0 Å². The van der Waals surface area contributed by atoms with Crippen LogP contribution in [-0.2, 0) is 22.3 Å². The molecule has 22 heavy (non-hydrogen) atoms. The van der Waals surface area contributed by atoms with E-state index in [9.17, 15) is 4.79 Å². The lowest BCUT2D eigenvalue weighted by molar-refractivity contribution is -0.124. The summed E-state index contributed by atoms with van der Waals surface area (Å²) >= 11 is 1.60. The van der Waals surface area contributed by atoms with Crippen LogP contribution in [0.3, 0.4) is 0 Å². The van der Waals surface area contributed by atoms with Gasteiger partial charge in [-0.3, -0.25) is 10.1 Å². The van der Waals surface area contributed by atoms with Gasteiger partial charge in [-0.2, -0.15) is 0 Å². The summed E-state index contributed by atoms with van der Waals surface area (Å²) in [7, 11) is 0. The average Bonchev–Trinajstić information content (AvgIpc) is 2.94. The molecule has 2 rings (SSSR count). The van der Waals surface area contributed by atoms with Crippen LogP contribution < -0.4 is 11.1 Å². The van der Waals surface area contributed by atoms with Crippen molar-refractivity contribution in [1.82, 2.24) is 10.3 Å². The van der Waals surface area contributed by atoms with E-state index in [1.54, 1.807) is 11.3 Å². The molecule has 5 heteroatoms. The fraction of sp³-hybridized carbons (Fsp3) is 0.412. The molecule has 0 spiro atoms. The highest BCUT2D eigenvalue weighted by molar-refractivity contribution is 7.09. The monoisotopic (exact) mass is 317 g/mol. The molecule has 0 aliphatic rings. The summed E-state index contributed by atoms with van der Waals surface area (Å²) in [5, 5.41) is 6.29. The molecule has 0 aliphatic heterocycles. The van der Waals surface area contributed by atoms with Crippen molar-refractivity contribution in [3.05, 3.63) is 52.0 Å². The van der Waals surface area contributed by atoms with E-state index in [0.29, 0.717) is 6.54 Å². The molecule has 1 heterocycles. The minimum atomic E-state index is -0.908. The largest absolute Gasteiger partial charge is 0.368 e. The first-order valence-corrected chi connectivity index (χ1v) is 8.17. The standard InChI is InChI=1S/C17H23N3OS/c1-16(2,3)13-11-22-14(20-13)10-19-17(4,15(18)21)12-8-6-5-7-9-12/h5-9,11,19H,10H2,1-4H3,(H2,18,21)/t17-/m0/s1. The topological polar surface area (TPSA) is 68.0 Å². The van der Waals surface area contributed by atoms with Crippen LogP contribution in [0, 0.1) is 0 Å². The Morgan fingerprint density at radius 3 is 2.36 bits per heavy atom. The molecule has 1 aromatic carbocycles. The number of thiazole rings is 1. The zero-order valence-electron chi connectivity index (χ0n) is 13.5. The molecule has 1 atom stereocenters. The third-order valence-electron chi connectivity index (χ3n) is 3.76. The second kappa shape index (κ2) is 6.18. The number of primary amides is 1. The second-order valence-electron chi connectivity index (χ2n) is 6.59. The highest BCUT2D eigenvalue weighted by Gasteiger charge is 2.32. The van der Waals surface area contributed by atoms with Gasteiger partial charge in [-0.15, -0.1) is 11.3 Å². The van der Waals surface area contributed by atoms with Crippen LogP contribution in [0.4, 0.5) is 0 Å². The molecule has 3 N–H and O–H groups in total. The Morgan fingerprint density at radius 2 is 1.86 bits per heavy atom. The van der Waals surface area contributed by atoms with Gasteiger partial charge in [0.15, 0.2) is 0 Å². The number of benzene rings is 1. The molecule has 0 bridgehead atoms. The van der Waals surface area contributed by atoms with E-state index in [4.69, 9.17) is 5.73 Å². The van der Waals surface area contributed by atoms with Gasteiger partial charge in [0, 0.05) is 17.3 Å². The van der Waals surface area contributed by atoms with Crippen molar-refractivity contribution in [2.45, 2.75) is 45.2 Å². The number of nitrogens with zero attached hydrogens (tertiary/aromatic N) is 1. The summed E-state index contributed by atoms with van der Waals surface area (Å²) < 4.78 is 0. The predicted octanol–water partition coefficient (Wildman–Crippen LogP) is 2.93. The fourth-order valence-electron chi connectivity index (χ4n) is 2.09. The molecule has 0 saturated heterocycles. The van der Waals surface area contributed by atoms with Gasteiger partial charge in [0.25, 0.3) is 0 Å². The average molecular weight is 317 g/mol. The number of rotatable bonds is 5. The molecule has 4 nitrogen and oxygen atoms in total. The second-order valence-corrected chi connectivity index (χ2v) is 7.53. The van der Waals surface area contributed by atoms with E-state index in [0.717, 1.165) is 16.3 Å². The van der Waals surface area contributed by atoms with Crippen LogP contribution in [0.1, 0.15) is 44.0 Å². The van der Waals surface area contributed by atoms with Crippen molar-refractivity contribution in [3.63, 3.8) is 0 Å². The number of hydrogen-bond acceptors (Lipinski definition) is 4. The number of aromatic nitrogens is 1. The van der Waals surface area contributed by atoms with E-state index in [2.05, 4.69) is 36.5 Å². The maximum absolute atomic E-state index is 12.0. The van der Waals surface area contributed by atoms with Crippen LogP contribution in [0.15, 0.2) is 35.7 Å². The third-order valence-corrected chi connectivity index (χ3v) is 4.61. The summed E-state index contributed by atoms with van der Waals surface area (Å²) in [6.07, 6.45) is 0. The van der Waals surface area contributed by atoms with E-state index >= 15 is 0 Å². The summed E-state index contributed by atoms with van der Waals surface area (Å²) in [4.78, 5) is 16.6. The van der Waals surface area contributed by atoms with Gasteiger partial charge in [-0.1, -0.05) is 51.1 Å². The summed E-state index contributed by atoms with van der Waals surface area (Å²) in [5.74, 6) is -0.397. The lowest BCUT2D eigenvalue weighted by atomic mass is 9.91. The minimum absolute atomic E-state index is 0.0289. The van der Waals surface area contributed by atoms with Gasteiger partial charge in [-0.05, 0) is 12.5 Å². The van der Waals surface area contributed by atoms with Crippen LogP contribution in [0.25, 0.3) is 0 Å². The molecule has 0 fully saturated rings. The highest BCUT2D eigenvalue weighted by atomic mass is 32.1. The number of carbonyl (C=O) groups is 1. The normalized spacial score (nSPS) is 14.5. The molecule has 0 radical (unpaired) electrons. The first-order chi connectivity index (χ1) is 10.2. The zero-order valence-corrected chi connectivity index (χ0v) is 14.3. The Bertz CT molecular complexity index is 645. The molecule has 0 saturated carbocycles. The maximum atomic E-state index is 12.0. The Balaban J connectivity index is 2.17. The number of carbonyl (C=O) groups excluding carboxylic acids is 1. The lowest BCUT2D eigenvalue weighted by Gasteiger charge is -2.27. The number of amides is 1. The number of nitrogens with two attached hydrogens (primary N) is 1. The molecule has 0 aliphatic carbocycles. The molecule has 1 amide bonds. The summed E-state index contributed by atoms with van der Waals surface area (Å²) in [5.41, 5.74) is 6.67. The van der Waals surface area contributed by atoms with Gasteiger partial charge in [0.2, 0.25) is 5.91 Å². The van der Waals surface area contributed by atoms with Gasteiger partial charge in [-0.25, -0.2) is 4.98 Å². The van der Waals surface area contributed by atoms with Crippen molar-refractivity contribution in [2.24, 2.45) is 5.73 Å². The lowest BCUT2D eigenvalue weighted by Crippen LogP contribution is -2.50. The van der Waals surface area contributed by atoms with Gasteiger partial charge in [0.1, 0.15) is 10.5 Å². The molecular formula is C17H23N3OS. The summed E-state index contributed by atoms with van der Waals surface area (Å²) in [6, 6.07) is 9.53. The molecular weight excluding hydrogens is 294 g/mol. The van der Waals surface area contributed by atoms with Crippen molar-refractivity contribution >= 4 is 17.2 Å². The van der Waals surface area contributed by atoms with Crippen LogP contribution in [-0.4, -0.2) is 10.9 Å². The van der Waals surface area contributed by atoms with Crippen molar-refractivity contribution in [2.75, 3.05) is 0 Å². The first kappa shape index (κ1) is 16.6. The molecule has 2 aromatic rings. The predicted molar refractivity (Wildman–Crippen MR) is 90.6 cm³/mol. The fourth-order valence-corrected chi connectivity index (χ4v) is 3.05. The van der Waals surface area contributed by atoms with Gasteiger partial charge < -0.3 is 5.73 Å². The molecule has 118 valence electrons. The van der Waals surface area contributed by atoms with Crippen molar-refractivity contribution in [3.8, 4) is 0 Å². The van der Waals surface area contributed by atoms with E-state index in [1.807, 2.05) is 37.3 Å². The SMILES string of the molecule is CC(C)(C)c1csc(CN[C@](C)(C(N)=O)c2ccccc2)n1. The quantitative estimate of drug-likeness (QED) is 0.891. The maximum Gasteiger partial charge on any atom is 0.242 e.